The third kappa shape index (κ3) is 2.74. The highest BCUT2D eigenvalue weighted by molar-refractivity contribution is 5.40. The van der Waals surface area contributed by atoms with E-state index in [-0.39, 0.29) is 6.04 Å². The molecule has 0 bridgehead atoms. The van der Waals surface area contributed by atoms with Crippen molar-refractivity contribution in [3.8, 4) is 5.75 Å². The van der Waals surface area contributed by atoms with E-state index in [1.54, 1.807) is 7.11 Å². The van der Waals surface area contributed by atoms with Crippen molar-refractivity contribution >= 4 is 0 Å². The SMILES string of the molecule is CCC(C)c1ccc(OC)c(C(N)CN)c1. The van der Waals surface area contributed by atoms with Crippen molar-refractivity contribution in [1.29, 1.82) is 0 Å². The van der Waals surface area contributed by atoms with Crippen LogP contribution in [0.15, 0.2) is 18.2 Å². The number of nitrogens with two attached hydrogens (primary N) is 2. The van der Waals surface area contributed by atoms with Crippen molar-refractivity contribution < 1.29 is 4.74 Å². The number of rotatable bonds is 5. The molecule has 0 spiro atoms. The molecule has 1 rings (SSSR count). The summed E-state index contributed by atoms with van der Waals surface area (Å²) in [5.41, 5.74) is 13.9. The molecule has 0 saturated carbocycles. The fourth-order valence-corrected chi connectivity index (χ4v) is 1.71. The Morgan fingerprint density at radius 3 is 2.56 bits per heavy atom. The summed E-state index contributed by atoms with van der Waals surface area (Å²) in [5, 5.41) is 0. The monoisotopic (exact) mass is 222 g/mol. The minimum Gasteiger partial charge on any atom is -0.496 e. The maximum atomic E-state index is 5.98. The van der Waals surface area contributed by atoms with E-state index < -0.39 is 0 Å². The first kappa shape index (κ1) is 13.0. The Morgan fingerprint density at radius 1 is 1.38 bits per heavy atom. The number of hydrogen-bond donors (Lipinski definition) is 2. The summed E-state index contributed by atoms with van der Waals surface area (Å²) < 4.78 is 5.30. The lowest BCUT2D eigenvalue weighted by atomic mass is 9.94. The van der Waals surface area contributed by atoms with Gasteiger partial charge in [0.2, 0.25) is 0 Å². The van der Waals surface area contributed by atoms with Crippen LogP contribution in [0.25, 0.3) is 0 Å². The van der Waals surface area contributed by atoms with Gasteiger partial charge in [-0.1, -0.05) is 26.0 Å². The molecule has 0 heterocycles. The van der Waals surface area contributed by atoms with Crippen molar-refractivity contribution in [2.75, 3.05) is 13.7 Å². The molecule has 2 atom stereocenters. The van der Waals surface area contributed by atoms with Gasteiger partial charge in [0.1, 0.15) is 5.75 Å². The van der Waals surface area contributed by atoms with Gasteiger partial charge in [-0.2, -0.15) is 0 Å². The predicted octanol–water partition coefficient (Wildman–Crippen LogP) is 2.17. The third-order valence-electron chi connectivity index (χ3n) is 3.09. The summed E-state index contributed by atoms with van der Waals surface area (Å²) >= 11 is 0. The molecule has 1 aromatic rings. The smallest absolute Gasteiger partial charge is 0.123 e. The lowest BCUT2D eigenvalue weighted by Crippen LogP contribution is -2.21. The molecule has 0 aliphatic rings. The van der Waals surface area contributed by atoms with E-state index in [1.807, 2.05) is 6.07 Å². The van der Waals surface area contributed by atoms with Crippen molar-refractivity contribution in [3.05, 3.63) is 29.3 Å². The Balaban J connectivity index is 3.10. The molecular formula is C13H22N2O. The van der Waals surface area contributed by atoms with E-state index in [9.17, 15) is 0 Å². The maximum Gasteiger partial charge on any atom is 0.123 e. The normalized spacial score (nSPS) is 14.6. The van der Waals surface area contributed by atoms with E-state index in [1.165, 1.54) is 5.56 Å². The van der Waals surface area contributed by atoms with Crippen LogP contribution in [-0.4, -0.2) is 13.7 Å². The molecule has 0 saturated heterocycles. The minimum atomic E-state index is -0.154. The van der Waals surface area contributed by atoms with E-state index >= 15 is 0 Å². The first-order chi connectivity index (χ1) is 7.63. The fourth-order valence-electron chi connectivity index (χ4n) is 1.71. The Labute approximate surface area is 97.8 Å². The Hall–Kier alpha value is -1.06. The van der Waals surface area contributed by atoms with Gasteiger partial charge in [-0.05, 0) is 24.0 Å². The quantitative estimate of drug-likeness (QED) is 0.802. The zero-order valence-corrected chi connectivity index (χ0v) is 10.4. The topological polar surface area (TPSA) is 61.3 Å². The van der Waals surface area contributed by atoms with Crippen LogP contribution in [0.5, 0.6) is 5.75 Å². The van der Waals surface area contributed by atoms with Crippen LogP contribution < -0.4 is 16.2 Å². The molecule has 3 nitrogen and oxygen atoms in total. The van der Waals surface area contributed by atoms with Gasteiger partial charge in [0.25, 0.3) is 0 Å². The first-order valence-electron chi connectivity index (χ1n) is 5.77. The van der Waals surface area contributed by atoms with Crippen molar-refractivity contribution in [1.82, 2.24) is 0 Å². The van der Waals surface area contributed by atoms with Crippen LogP contribution in [0.4, 0.5) is 0 Å². The lowest BCUT2D eigenvalue weighted by Gasteiger charge is -2.17. The fraction of sp³-hybridized carbons (Fsp3) is 0.538. The zero-order valence-electron chi connectivity index (χ0n) is 10.4. The highest BCUT2D eigenvalue weighted by atomic mass is 16.5. The second kappa shape index (κ2) is 5.87. The van der Waals surface area contributed by atoms with Crippen molar-refractivity contribution in [3.63, 3.8) is 0 Å². The van der Waals surface area contributed by atoms with Gasteiger partial charge >= 0.3 is 0 Å². The van der Waals surface area contributed by atoms with Gasteiger partial charge < -0.3 is 16.2 Å². The maximum absolute atomic E-state index is 5.98. The van der Waals surface area contributed by atoms with Gasteiger partial charge in [-0.15, -0.1) is 0 Å². The second-order valence-electron chi connectivity index (χ2n) is 4.15. The first-order valence-corrected chi connectivity index (χ1v) is 5.77. The molecule has 16 heavy (non-hydrogen) atoms. The molecule has 90 valence electrons. The Bertz CT molecular complexity index is 339. The second-order valence-corrected chi connectivity index (χ2v) is 4.15. The summed E-state index contributed by atoms with van der Waals surface area (Å²) in [6.45, 7) is 4.82. The molecule has 0 fully saturated rings. The summed E-state index contributed by atoms with van der Waals surface area (Å²) in [5.74, 6) is 1.36. The average Bonchev–Trinajstić information content (AvgIpc) is 2.35. The minimum absolute atomic E-state index is 0.154. The van der Waals surface area contributed by atoms with Gasteiger partial charge in [0, 0.05) is 18.2 Å². The van der Waals surface area contributed by atoms with E-state index in [2.05, 4.69) is 26.0 Å². The van der Waals surface area contributed by atoms with Crippen LogP contribution in [0, 0.1) is 0 Å². The van der Waals surface area contributed by atoms with Crippen molar-refractivity contribution in [2.45, 2.75) is 32.2 Å². The van der Waals surface area contributed by atoms with Crippen LogP contribution in [0.2, 0.25) is 0 Å². The lowest BCUT2D eigenvalue weighted by molar-refractivity contribution is 0.405. The Morgan fingerprint density at radius 2 is 2.06 bits per heavy atom. The Kier molecular flexibility index (Phi) is 4.77. The van der Waals surface area contributed by atoms with Gasteiger partial charge in [0.15, 0.2) is 0 Å². The van der Waals surface area contributed by atoms with Crippen molar-refractivity contribution in [2.24, 2.45) is 11.5 Å². The van der Waals surface area contributed by atoms with Gasteiger partial charge in [-0.3, -0.25) is 0 Å². The van der Waals surface area contributed by atoms with Gasteiger partial charge in [0.05, 0.1) is 7.11 Å². The summed E-state index contributed by atoms with van der Waals surface area (Å²) in [6, 6.07) is 6.04. The molecule has 0 aliphatic heterocycles. The standard InChI is InChI=1S/C13H22N2O/c1-4-9(2)10-5-6-13(16-3)11(7-10)12(15)8-14/h5-7,9,12H,4,8,14-15H2,1-3H3. The van der Waals surface area contributed by atoms with Gasteiger partial charge in [-0.25, -0.2) is 0 Å². The van der Waals surface area contributed by atoms with E-state index in [4.69, 9.17) is 16.2 Å². The molecule has 3 heteroatoms. The van der Waals surface area contributed by atoms with Crippen LogP contribution >= 0.6 is 0 Å². The summed E-state index contributed by atoms with van der Waals surface area (Å²) in [7, 11) is 1.66. The van der Waals surface area contributed by atoms with E-state index in [0.29, 0.717) is 12.5 Å². The highest BCUT2D eigenvalue weighted by Gasteiger charge is 2.13. The molecule has 4 N–H and O–H groups in total. The average molecular weight is 222 g/mol. The van der Waals surface area contributed by atoms with Crippen LogP contribution in [0.3, 0.4) is 0 Å². The zero-order chi connectivity index (χ0) is 12.1. The van der Waals surface area contributed by atoms with Crippen LogP contribution in [0.1, 0.15) is 43.4 Å². The largest absolute Gasteiger partial charge is 0.496 e. The molecule has 0 aliphatic carbocycles. The summed E-state index contributed by atoms with van der Waals surface area (Å²) in [6.07, 6.45) is 1.11. The highest BCUT2D eigenvalue weighted by Crippen LogP contribution is 2.28. The molecule has 0 amide bonds. The van der Waals surface area contributed by atoms with E-state index in [0.717, 1.165) is 17.7 Å². The molecular weight excluding hydrogens is 200 g/mol. The number of methoxy groups -OCH3 is 1. The third-order valence-corrected chi connectivity index (χ3v) is 3.09. The molecule has 0 radical (unpaired) electrons. The number of hydrogen-bond acceptors (Lipinski definition) is 3. The predicted molar refractivity (Wildman–Crippen MR) is 67.7 cm³/mol. The summed E-state index contributed by atoms with van der Waals surface area (Å²) in [4.78, 5) is 0. The number of ether oxygens (including phenoxy) is 1. The van der Waals surface area contributed by atoms with Crippen LogP contribution in [-0.2, 0) is 0 Å². The molecule has 1 aromatic carbocycles. The molecule has 0 aromatic heterocycles. The molecule has 2 unspecified atom stereocenters. The number of benzene rings is 1.